The van der Waals surface area contributed by atoms with Crippen molar-refractivity contribution in [2.45, 2.75) is 33.9 Å². The molecule has 0 spiro atoms. The van der Waals surface area contributed by atoms with Gasteiger partial charge in [-0.25, -0.2) is 0 Å². The predicted molar refractivity (Wildman–Crippen MR) is 118 cm³/mol. The summed E-state index contributed by atoms with van der Waals surface area (Å²) in [7, 11) is 2.10. The van der Waals surface area contributed by atoms with Crippen molar-refractivity contribution in [1.82, 2.24) is 4.90 Å². The van der Waals surface area contributed by atoms with Crippen molar-refractivity contribution in [2.75, 3.05) is 13.6 Å². The van der Waals surface area contributed by atoms with Crippen LogP contribution in [0.5, 0.6) is 5.75 Å². The molecule has 0 atom stereocenters. The number of hydrogen-bond acceptors (Lipinski definition) is 2. The van der Waals surface area contributed by atoms with Gasteiger partial charge in [0.25, 0.3) is 0 Å². The molecule has 27 heavy (non-hydrogen) atoms. The fourth-order valence-electron chi connectivity index (χ4n) is 2.41. The summed E-state index contributed by atoms with van der Waals surface area (Å²) in [6.45, 7) is 8.60. The molecule has 0 aliphatic heterocycles. The highest BCUT2D eigenvalue weighted by molar-refractivity contribution is 9.10. The number of rotatable bonds is 7. The second kappa shape index (κ2) is 10.3. The Labute approximate surface area is 172 Å². The second-order valence-electron chi connectivity index (χ2n) is 7.65. The van der Waals surface area contributed by atoms with E-state index in [0.717, 1.165) is 23.3 Å². The number of benzene rings is 2. The maximum absolute atomic E-state index is 5.94. The van der Waals surface area contributed by atoms with E-state index in [-0.39, 0.29) is 5.41 Å². The van der Waals surface area contributed by atoms with E-state index in [0.29, 0.717) is 6.61 Å². The average Bonchev–Trinajstić information content (AvgIpc) is 2.62. The average molecular weight is 426 g/mol. The first-order chi connectivity index (χ1) is 12.8. The highest BCUT2D eigenvalue weighted by Gasteiger charge is 2.06. The minimum absolute atomic E-state index is 0.0430. The van der Waals surface area contributed by atoms with Gasteiger partial charge in [-0.05, 0) is 63.2 Å². The summed E-state index contributed by atoms with van der Waals surface area (Å²) < 4.78 is 7.04. The van der Waals surface area contributed by atoms with E-state index in [1.54, 1.807) is 0 Å². The zero-order chi connectivity index (χ0) is 19.7. The molecule has 0 heterocycles. The van der Waals surface area contributed by atoms with Crippen LogP contribution in [0.3, 0.4) is 0 Å². The van der Waals surface area contributed by atoms with Crippen LogP contribution in [0.2, 0.25) is 0 Å². The molecular formula is C24H28BrNO. The summed E-state index contributed by atoms with van der Waals surface area (Å²) >= 11 is 3.65. The van der Waals surface area contributed by atoms with Gasteiger partial charge in [-0.15, -0.1) is 0 Å². The molecule has 0 N–H and O–H groups in total. The molecule has 0 radical (unpaired) electrons. The van der Waals surface area contributed by atoms with E-state index in [9.17, 15) is 0 Å². The van der Waals surface area contributed by atoms with E-state index in [2.05, 4.69) is 84.8 Å². The summed E-state index contributed by atoms with van der Waals surface area (Å²) in [5.41, 5.74) is 2.42. The molecule has 0 aliphatic carbocycles. The summed E-state index contributed by atoms with van der Waals surface area (Å²) in [6, 6.07) is 16.4. The van der Waals surface area contributed by atoms with Gasteiger partial charge in [-0.1, -0.05) is 64.2 Å². The van der Waals surface area contributed by atoms with Gasteiger partial charge in [0.1, 0.15) is 12.4 Å². The van der Waals surface area contributed by atoms with Gasteiger partial charge in [0.2, 0.25) is 0 Å². The zero-order valence-corrected chi connectivity index (χ0v) is 18.2. The van der Waals surface area contributed by atoms with E-state index in [1.165, 1.54) is 11.1 Å². The highest BCUT2D eigenvalue weighted by Crippen LogP contribution is 2.24. The Morgan fingerprint density at radius 2 is 1.85 bits per heavy atom. The SMILES string of the molecule is CN(C/C=C\C#CC(C)(C)C)Cc1cc(OCc2ccccc2)ccc1Br. The monoisotopic (exact) mass is 425 g/mol. The van der Waals surface area contributed by atoms with Crippen molar-refractivity contribution in [3.8, 4) is 17.6 Å². The lowest BCUT2D eigenvalue weighted by molar-refractivity contribution is 0.304. The van der Waals surface area contributed by atoms with Crippen molar-refractivity contribution in [3.63, 3.8) is 0 Å². The quantitative estimate of drug-likeness (QED) is 0.499. The molecule has 2 nitrogen and oxygen atoms in total. The lowest BCUT2D eigenvalue weighted by Crippen LogP contribution is -2.18. The normalized spacial score (nSPS) is 11.5. The first kappa shape index (κ1) is 21.3. The van der Waals surface area contributed by atoms with Crippen LogP contribution in [0.15, 0.2) is 65.2 Å². The van der Waals surface area contributed by atoms with E-state index >= 15 is 0 Å². The Kier molecular flexibility index (Phi) is 8.16. The van der Waals surface area contributed by atoms with Gasteiger partial charge < -0.3 is 4.74 Å². The van der Waals surface area contributed by atoms with E-state index < -0.39 is 0 Å². The van der Waals surface area contributed by atoms with Crippen LogP contribution in [-0.4, -0.2) is 18.5 Å². The molecule has 142 valence electrons. The van der Waals surface area contributed by atoms with Crippen molar-refractivity contribution in [3.05, 3.63) is 76.3 Å². The Balaban J connectivity index is 1.91. The minimum Gasteiger partial charge on any atom is -0.489 e. The van der Waals surface area contributed by atoms with Crippen LogP contribution in [0.1, 0.15) is 31.9 Å². The lowest BCUT2D eigenvalue weighted by Gasteiger charge is -2.16. The summed E-state index contributed by atoms with van der Waals surface area (Å²) in [6.07, 6.45) is 4.04. The van der Waals surface area contributed by atoms with E-state index in [4.69, 9.17) is 4.74 Å². The number of halogens is 1. The molecule has 0 fully saturated rings. The summed E-state index contributed by atoms with van der Waals surface area (Å²) in [4.78, 5) is 2.25. The number of allylic oxidation sites excluding steroid dienone is 1. The predicted octanol–water partition coefficient (Wildman–Crippen LogP) is 6.07. The molecule has 3 heteroatoms. The number of nitrogens with zero attached hydrogens (tertiary/aromatic N) is 1. The third-order valence-corrected chi connectivity index (χ3v) is 4.54. The molecule has 0 amide bonds. The first-order valence-corrected chi connectivity index (χ1v) is 9.94. The van der Waals surface area contributed by atoms with Crippen LogP contribution < -0.4 is 4.74 Å². The molecular weight excluding hydrogens is 398 g/mol. The third kappa shape index (κ3) is 8.47. The number of hydrogen-bond donors (Lipinski definition) is 0. The van der Waals surface area contributed by atoms with Crippen LogP contribution >= 0.6 is 15.9 Å². The van der Waals surface area contributed by atoms with Crippen LogP contribution in [0.4, 0.5) is 0 Å². The van der Waals surface area contributed by atoms with Gasteiger partial charge in [0.15, 0.2) is 0 Å². The molecule has 0 aromatic heterocycles. The van der Waals surface area contributed by atoms with Crippen molar-refractivity contribution >= 4 is 15.9 Å². The maximum atomic E-state index is 5.94. The van der Waals surface area contributed by atoms with Crippen LogP contribution in [-0.2, 0) is 13.2 Å². The van der Waals surface area contributed by atoms with Gasteiger partial charge in [0.05, 0.1) is 0 Å². The highest BCUT2D eigenvalue weighted by atomic mass is 79.9. The summed E-state index contributed by atoms with van der Waals surface area (Å²) in [5.74, 6) is 7.21. The Morgan fingerprint density at radius 3 is 2.56 bits per heavy atom. The third-order valence-electron chi connectivity index (χ3n) is 3.77. The Morgan fingerprint density at radius 1 is 1.11 bits per heavy atom. The Hall–Kier alpha value is -2.02. The topological polar surface area (TPSA) is 12.5 Å². The number of ether oxygens (including phenoxy) is 1. The van der Waals surface area contributed by atoms with Crippen molar-refractivity contribution < 1.29 is 4.74 Å². The smallest absolute Gasteiger partial charge is 0.120 e. The Bertz CT molecular complexity index is 810. The maximum Gasteiger partial charge on any atom is 0.120 e. The van der Waals surface area contributed by atoms with Gasteiger partial charge in [-0.3, -0.25) is 4.90 Å². The number of likely N-dealkylation sites (N-methyl/N-ethyl adjacent to an activating group) is 1. The van der Waals surface area contributed by atoms with Crippen LogP contribution in [0.25, 0.3) is 0 Å². The molecule has 0 aliphatic rings. The fourth-order valence-corrected chi connectivity index (χ4v) is 2.78. The van der Waals surface area contributed by atoms with Gasteiger partial charge in [-0.2, -0.15) is 0 Å². The second-order valence-corrected chi connectivity index (χ2v) is 8.50. The molecule has 2 rings (SSSR count). The van der Waals surface area contributed by atoms with Gasteiger partial charge in [0, 0.05) is 23.0 Å². The minimum atomic E-state index is 0.0430. The largest absolute Gasteiger partial charge is 0.489 e. The fraction of sp³-hybridized carbons (Fsp3) is 0.333. The molecule has 0 bridgehead atoms. The van der Waals surface area contributed by atoms with Crippen LogP contribution in [0, 0.1) is 17.3 Å². The molecule has 0 saturated heterocycles. The molecule has 2 aromatic rings. The van der Waals surface area contributed by atoms with Crippen molar-refractivity contribution in [1.29, 1.82) is 0 Å². The molecule has 2 aromatic carbocycles. The van der Waals surface area contributed by atoms with Crippen molar-refractivity contribution in [2.24, 2.45) is 5.41 Å². The molecule has 0 saturated carbocycles. The molecule has 0 unspecified atom stereocenters. The lowest BCUT2D eigenvalue weighted by atomic mass is 9.98. The zero-order valence-electron chi connectivity index (χ0n) is 16.6. The first-order valence-electron chi connectivity index (χ1n) is 9.15. The van der Waals surface area contributed by atoms with Gasteiger partial charge >= 0.3 is 0 Å². The van der Waals surface area contributed by atoms with E-state index in [1.807, 2.05) is 36.4 Å². The standard InChI is InChI=1S/C24H28BrNO/c1-24(2,3)15-9-6-10-16-26(4)18-21-17-22(13-14-23(21)25)27-19-20-11-7-5-8-12-20/h5-8,10-14,17H,16,18-19H2,1-4H3/b10-6-. The summed E-state index contributed by atoms with van der Waals surface area (Å²) in [5, 5.41) is 0.